The molecular weight excluding hydrogens is 347 g/mol. The Morgan fingerprint density at radius 2 is 1.28 bits per heavy atom. The fraction of sp³-hybridized carbons (Fsp3) is 0.667. The van der Waals surface area contributed by atoms with Crippen LogP contribution in [0.3, 0.4) is 0 Å². The first-order valence-electron chi connectivity index (χ1n) is 7.23. The molecule has 0 aliphatic heterocycles. The number of esters is 1. The topological polar surface area (TPSA) is 162 Å². The van der Waals surface area contributed by atoms with Crippen molar-refractivity contribution >= 4 is 47.5 Å². The molecule has 10 heteroatoms. The maximum absolute atomic E-state index is 11.0. The Kier molecular flexibility index (Phi) is 19.0. The molecule has 0 fully saturated rings. The van der Waals surface area contributed by atoms with Crippen molar-refractivity contribution in [2.24, 2.45) is 5.41 Å². The second-order valence-corrected chi connectivity index (χ2v) is 5.33. The van der Waals surface area contributed by atoms with E-state index in [2.05, 4.69) is 6.58 Å². The fourth-order valence-corrected chi connectivity index (χ4v) is 1.18. The van der Waals surface area contributed by atoms with Gasteiger partial charge >= 0.3 is 47.5 Å². The number of carbonyl (C=O) groups is 3. The molecule has 0 aromatic carbocycles. The minimum atomic E-state index is -1.18. The molecular formula is C15H27NaO9. The van der Waals surface area contributed by atoms with Crippen LogP contribution in [0.15, 0.2) is 12.2 Å². The van der Waals surface area contributed by atoms with Crippen molar-refractivity contribution < 1.29 is 44.7 Å². The van der Waals surface area contributed by atoms with Crippen LogP contribution < -0.4 is 0 Å². The van der Waals surface area contributed by atoms with Gasteiger partial charge in [0.1, 0.15) is 6.61 Å². The molecule has 0 aromatic rings. The van der Waals surface area contributed by atoms with Gasteiger partial charge < -0.3 is 30.3 Å². The zero-order valence-corrected chi connectivity index (χ0v) is 13.7. The van der Waals surface area contributed by atoms with Crippen LogP contribution in [0, 0.1) is 5.41 Å². The van der Waals surface area contributed by atoms with Gasteiger partial charge in [-0.3, -0.25) is 9.59 Å². The SMILES string of the molecule is C=C(C)C(=O)OCC(CO)(CO)CO.O=C(O)CCCCC(=O)O.[NaH]. The van der Waals surface area contributed by atoms with E-state index < -0.39 is 43.1 Å². The predicted octanol–water partition coefficient (Wildman–Crippen LogP) is -0.863. The van der Waals surface area contributed by atoms with E-state index in [1.165, 1.54) is 6.92 Å². The van der Waals surface area contributed by atoms with E-state index in [0.717, 1.165) is 0 Å². The second kappa shape index (κ2) is 16.5. The number of carboxylic acids is 2. The van der Waals surface area contributed by atoms with Gasteiger partial charge in [0.25, 0.3) is 0 Å². The van der Waals surface area contributed by atoms with E-state index >= 15 is 0 Å². The number of carboxylic acid groups (broad SMARTS) is 2. The molecule has 0 atom stereocenters. The summed E-state index contributed by atoms with van der Waals surface area (Å²) in [5.41, 5.74) is -0.946. The van der Waals surface area contributed by atoms with Crippen molar-refractivity contribution in [3.8, 4) is 0 Å². The van der Waals surface area contributed by atoms with Crippen molar-refractivity contribution in [2.75, 3.05) is 26.4 Å². The Morgan fingerprint density at radius 3 is 1.52 bits per heavy atom. The fourth-order valence-electron chi connectivity index (χ4n) is 1.18. The van der Waals surface area contributed by atoms with E-state index in [1.807, 2.05) is 0 Å². The first-order chi connectivity index (χ1) is 11.1. The normalized spacial score (nSPS) is 9.92. The van der Waals surface area contributed by atoms with Gasteiger partial charge in [0.2, 0.25) is 0 Å². The Balaban J connectivity index is -0.000000392. The number of rotatable bonds is 11. The van der Waals surface area contributed by atoms with Gasteiger partial charge in [0.15, 0.2) is 0 Å². The van der Waals surface area contributed by atoms with Gasteiger partial charge in [-0.1, -0.05) is 6.58 Å². The molecule has 0 bridgehead atoms. The predicted molar refractivity (Wildman–Crippen MR) is 90.4 cm³/mol. The zero-order valence-electron chi connectivity index (χ0n) is 13.7. The molecule has 0 spiro atoms. The van der Waals surface area contributed by atoms with Crippen LogP contribution >= 0.6 is 0 Å². The summed E-state index contributed by atoms with van der Waals surface area (Å²) in [4.78, 5) is 30.8. The van der Waals surface area contributed by atoms with Gasteiger partial charge in [0.05, 0.1) is 25.2 Å². The number of hydrogen-bond acceptors (Lipinski definition) is 7. The van der Waals surface area contributed by atoms with E-state index in [-0.39, 0.29) is 54.6 Å². The van der Waals surface area contributed by atoms with Crippen LogP contribution in [-0.4, -0.2) is 99.4 Å². The van der Waals surface area contributed by atoms with Crippen LogP contribution in [0.25, 0.3) is 0 Å². The molecule has 0 rings (SSSR count). The monoisotopic (exact) mass is 374 g/mol. The van der Waals surface area contributed by atoms with Gasteiger partial charge in [-0.25, -0.2) is 4.79 Å². The second-order valence-electron chi connectivity index (χ2n) is 5.33. The van der Waals surface area contributed by atoms with Gasteiger partial charge in [-0.05, 0) is 19.8 Å². The molecule has 5 N–H and O–H groups in total. The number of ether oxygens (including phenoxy) is 1. The summed E-state index contributed by atoms with van der Waals surface area (Å²) in [5.74, 6) is -2.35. The molecule has 142 valence electrons. The third-order valence-electron chi connectivity index (χ3n) is 2.90. The Morgan fingerprint density at radius 1 is 0.920 bits per heavy atom. The average Bonchev–Trinajstić information content (AvgIpc) is 2.53. The molecule has 0 aliphatic carbocycles. The molecule has 0 saturated carbocycles. The molecule has 25 heavy (non-hydrogen) atoms. The number of carbonyl (C=O) groups excluding carboxylic acids is 1. The summed E-state index contributed by atoms with van der Waals surface area (Å²) >= 11 is 0. The molecule has 0 aliphatic rings. The van der Waals surface area contributed by atoms with E-state index in [4.69, 9.17) is 30.3 Å². The Labute approximate surface area is 168 Å². The van der Waals surface area contributed by atoms with Crippen LogP contribution in [0.4, 0.5) is 0 Å². The minimum absolute atomic E-state index is 0. The number of aliphatic hydroxyl groups excluding tert-OH is 3. The average molecular weight is 374 g/mol. The van der Waals surface area contributed by atoms with Crippen LogP contribution in [0.1, 0.15) is 32.6 Å². The summed E-state index contributed by atoms with van der Waals surface area (Å²) in [6.45, 7) is 3.26. The molecule has 9 nitrogen and oxygen atoms in total. The third kappa shape index (κ3) is 16.3. The number of aliphatic hydroxyl groups is 3. The van der Waals surface area contributed by atoms with Gasteiger partial charge in [0, 0.05) is 18.4 Å². The van der Waals surface area contributed by atoms with Crippen LogP contribution in [0.5, 0.6) is 0 Å². The van der Waals surface area contributed by atoms with E-state index in [1.54, 1.807) is 0 Å². The maximum atomic E-state index is 11.0. The standard InChI is InChI=1S/C9H16O5.C6H10O4.Na.H/c1-7(2)8(13)14-6-9(3-10,4-11)5-12;7-5(8)3-1-2-4-6(9)10;;/h10-12H,1,3-6H2,2H3;1-4H2,(H,7,8)(H,9,10);;. The van der Waals surface area contributed by atoms with Crippen molar-refractivity contribution in [1.29, 1.82) is 0 Å². The first-order valence-corrected chi connectivity index (χ1v) is 7.23. The summed E-state index contributed by atoms with van der Waals surface area (Å²) in [7, 11) is 0. The van der Waals surface area contributed by atoms with Crippen molar-refractivity contribution in [3.05, 3.63) is 12.2 Å². The number of aliphatic carboxylic acids is 2. The molecule has 0 aromatic heterocycles. The van der Waals surface area contributed by atoms with Crippen molar-refractivity contribution in [3.63, 3.8) is 0 Å². The molecule has 0 radical (unpaired) electrons. The van der Waals surface area contributed by atoms with E-state index in [0.29, 0.717) is 12.8 Å². The number of hydrogen-bond donors (Lipinski definition) is 5. The van der Waals surface area contributed by atoms with Crippen molar-refractivity contribution in [2.45, 2.75) is 32.6 Å². The summed E-state index contributed by atoms with van der Waals surface area (Å²) < 4.78 is 4.72. The van der Waals surface area contributed by atoms with Crippen LogP contribution in [0.2, 0.25) is 0 Å². The molecule has 0 saturated heterocycles. The molecule has 0 amide bonds. The third-order valence-corrected chi connectivity index (χ3v) is 2.90. The summed E-state index contributed by atoms with van der Waals surface area (Å²) in [6.07, 6.45) is 1.02. The van der Waals surface area contributed by atoms with E-state index in [9.17, 15) is 14.4 Å². The molecule has 0 unspecified atom stereocenters. The summed E-state index contributed by atoms with van der Waals surface area (Å²) in [5, 5.41) is 42.9. The van der Waals surface area contributed by atoms with Crippen molar-refractivity contribution in [1.82, 2.24) is 0 Å². The van der Waals surface area contributed by atoms with Gasteiger partial charge in [-0.15, -0.1) is 0 Å². The first kappa shape index (κ1) is 28.8. The Hall–Kier alpha value is -0.970. The zero-order chi connectivity index (χ0) is 19.2. The van der Waals surface area contributed by atoms with Gasteiger partial charge in [-0.2, -0.15) is 0 Å². The Bertz CT molecular complexity index is 395. The number of unbranched alkanes of at least 4 members (excludes halogenated alkanes) is 1. The van der Waals surface area contributed by atoms with Crippen LogP contribution in [-0.2, 0) is 19.1 Å². The quantitative estimate of drug-likeness (QED) is 0.134. The molecule has 0 heterocycles. The summed E-state index contributed by atoms with van der Waals surface area (Å²) in [6, 6.07) is 0.